The van der Waals surface area contributed by atoms with E-state index in [9.17, 15) is 9.59 Å². The van der Waals surface area contributed by atoms with E-state index in [1.807, 2.05) is 6.92 Å². The third-order valence-electron chi connectivity index (χ3n) is 3.46. The van der Waals surface area contributed by atoms with Crippen molar-refractivity contribution in [1.29, 1.82) is 0 Å². The largest absolute Gasteiger partial charge is 0.446 e. The van der Waals surface area contributed by atoms with Gasteiger partial charge in [-0.2, -0.15) is 0 Å². The molecule has 0 saturated carbocycles. The summed E-state index contributed by atoms with van der Waals surface area (Å²) in [6.45, 7) is 3.72. The Morgan fingerprint density at radius 2 is 1.92 bits per heavy atom. The topological polar surface area (TPSA) is 55.4 Å². The molecule has 1 atom stereocenters. The number of amides is 1. The molecule has 0 aliphatic carbocycles. The molecule has 2 rings (SSSR count). The van der Waals surface area contributed by atoms with Crippen LogP contribution in [0.5, 0.6) is 0 Å². The van der Waals surface area contributed by atoms with Crippen LogP contribution < -0.4 is 5.32 Å². The van der Waals surface area contributed by atoms with Crippen LogP contribution in [-0.4, -0.2) is 18.0 Å². The van der Waals surface area contributed by atoms with E-state index in [2.05, 4.69) is 21.2 Å². The van der Waals surface area contributed by atoms with Gasteiger partial charge < -0.3 is 4.74 Å². The third kappa shape index (κ3) is 4.58. The minimum absolute atomic E-state index is 0.205. The first-order valence-electron chi connectivity index (χ1n) is 7.48. The molecule has 2 aromatic carbocycles. The van der Waals surface area contributed by atoms with E-state index in [4.69, 9.17) is 16.3 Å². The SMILES string of the molecule is CCC(C)OC(=O)Nc1ccc(Br)cc1C(=O)c1ccccc1Cl. The summed E-state index contributed by atoms with van der Waals surface area (Å²) >= 11 is 9.45. The average molecular weight is 411 g/mol. The molecular formula is C18H17BrClNO3. The number of anilines is 1. The molecule has 0 aromatic heterocycles. The zero-order valence-corrected chi connectivity index (χ0v) is 15.6. The number of carbonyl (C=O) groups excluding carboxylic acids is 2. The fraction of sp³-hybridized carbons (Fsp3) is 0.222. The summed E-state index contributed by atoms with van der Waals surface area (Å²) in [5.74, 6) is -0.277. The van der Waals surface area contributed by atoms with E-state index in [1.54, 1.807) is 49.4 Å². The number of nitrogens with one attached hydrogen (secondary N) is 1. The molecule has 0 aliphatic heterocycles. The number of carbonyl (C=O) groups is 2. The Balaban J connectivity index is 2.33. The second kappa shape index (κ2) is 8.31. The van der Waals surface area contributed by atoms with Crippen LogP contribution in [0.3, 0.4) is 0 Å². The number of hydrogen-bond donors (Lipinski definition) is 1. The first kappa shape index (κ1) is 18.5. The lowest BCUT2D eigenvalue weighted by molar-refractivity contribution is 0.103. The Labute approximate surface area is 154 Å². The quantitative estimate of drug-likeness (QED) is 0.645. The summed E-state index contributed by atoms with van der Waals surface area (Å²) in [5, 5.41) is 2.98. The van der Waals surface area contributed by atoms with Gasteiger partial charge in [-0.1, -0.05) is 46.6 Å². The van der Waals surface area contributed by atoms with Gasteiger partial charge in [0.05, 0.1) is 10.7 Å². The van der Waals surface area contributed by atoms with Crippen LogP contribution in [0.15, 0.2) is 46.9 Å². The molecule has 0 bridgehead atoms. The van der Waals surface area contributed by atoms with Crippen molar-refractivity contribution in [2.45, 2.75) is 26.4 Å². The molecule has 1 unspecified atom stereocenters. The minimum atomic E-state index is -0.597. The van der Waals surface area contributed by atoms with Crippen LogP contribution in [0.4, 0.5) is 10.5 Å². The maximum atomic E-state index is 12.8. The van der Waals surface area contributed by atoms with Gasteiger partial charge in [-0.05, 0) is 43.7 Å². The Morgan fingerprint density at radius 1 is 1.21 bits per heavy atom. The first-order valence-corrected chi connectivity index (χ1v) is 8.66. The van der Waals surface area contributed by atoms with Gasteiger partial charge in [0.1, 0.15) is 6.10 Å². The minimum Gasteiger partial charge on any atom is -0.446 e. The number of benzene rings is 2. The van der Waals surface area contributed by atoms with Crippen LogP contribution in [0, 0.1) is 0 Å². The molecule has 24 heavy (non-hydrogen) atoms. The number of rotatable bonds is 5. The fourth-order valence-corrected chi connectivity index (χ4v) is 2.59. The third-order valence-corrected chi connectivity index (χ3v) is 4.29. The van der Waals surface area contributed by atoms with Crippen molar-refractivity contribution in [3.05, 3.63) is 63.1 Å². The van der Waals surface area contributed by atoms with Crippen molar-refractivity contribution in [3.63, 3.8) is 0 Å². The van der Waals surface area contributed by atoms with Crippen LogP contribution in [0.2, 0.25) is 5.02 Å². The molecule has 126 valence electrons. The van der Waals surface area contributed by atoms with E-state index in [0.29, 0.717) is 28.3 Å². The Morgan fingerprint density at radius 3 is 2.58 bits per heavy atom. The van der Waals surface area contributed by atoms with Crippen LogP contribution in [0.1, 0.15) is 36.2 Å². The van der Waals surface area contributed by atoms with E-state index in [0.717, 1.165) is 4.47 Å². The summed E-state index contributed by atoms with van der Waals surface area (Å²) in [7, 11) is 0. The smallest absolute Gasteiger partial charge is 0.411 e. The summed E-state index contributed by atoms with van der Waals surface area (Å²) in [6, 6.07) is 11.8. The van der Waals surface area contributed by atoms with Crippen LogP contribution >= 0.6 is 27.5 Å². The monoisotopic (exact) mass is 409 g/mol. The predicted octanol–water partition coefficient (Wildman–Crippen LogP) is 5.68. The van der Waals surface area contributed by atoms with E-state index < -0.39 is 6.09 Å². The number of ketones is 1. The number of halogens is 2. The summed E-state index contributed by atoms with van der Waals surface area (Å²) in [5.41, 5.74) is 1.07. The van der Waals surface area contributed by atoms with Gasteiger partial charge in [0.2, 0.25) is 0 Å². The molecule has 0 spiro atoms. The van der Waals surface area contributed by atoms with Crippen LogP contribution in [0.25, 0.3) is 0 Å². The van der Waals surface area contributed by atoms with Gasteiger partial charge in [0, 0.05) is 15.6 Å². The molecule has 0 radical (unpaired) electrons. The van der Waals surface area contributed by atoms with E-state index >= 15 is 0 Å². The molecule has 6 heteroatoms. The Bertz CT molecular complexity index is 764. The Kier molecular flexibility index (Phi) is 6.40. The lowest BCUT2D eigenvalue weighted by atomic mass is 10.0. The molecule has 1 amide bonds. The van der Waals surface area contributed by atoms with Crippen molar-refractivity contribution in [1.82, 2.24) is 0 Å². The van der Waals surface area contributed by atoms with Crippen molar-refractivity contribution < 1.29 is 14.3 Å². The average Bonchev–Trinajstić information content (AvgIpc) is 2.56. The van der Waals surface area contributed by atoms with Gasteiger partial charge >= 0.3 is 6.09 Å². The highest BCUT2D eigenvalue weighted by atomic mass is 79.9. The number of ether oxygens (including phenoxy) is 1. The van der Waals surface area contributed by atoms with Gasteiger partial charge in [0.15, 0.2) is 5.78 Å². The standard InChI is InChI=1S/C18H17BrClNO3/c1-3-11(2)24-18(23)21-16-9-8-12(19)10-14(16)17(22)13-6-4-5-7-15(13)20/h4-11H,3H2,1-2H3,(H,21,23). The van der Waals surface area contributed by atoms with E-state index in [-0.39, 0.29) is 11.9 Å². The van der Waals surface area contributed by atoms with Gasteiger partial charge in [-0.3, -0.25) is 10.1 Å². The molecule has 0 fully saturated rings. The van der Waals surface area contributed by atoms with Crippen molar-refractivity contribution in [2.75, 3.05) is 5.32 Å². The van der Waals surface area contributed by atoms with Gasteiger partial charge in [-0.25, -0.2) is 4.79 Å². The molecule has 0 heterocycles. The highest BCUT2D eigenvalue weighted by molar-refractivity contribution is 9.10. The number of hydrogen-bond acceptors (Lipinski definition) is 3. The molecular weight excluding hydrogens is 394 g/mol. The summed E-state index contributed by atoms with van der Waals surface area (Å²) in [6.07, 6.45) is -0.0952. The van der Waals surface area contributed by atoms with Crippen molar-refractivity contribution >= 4 is 45.1 Å². The lowest BCUT2D eigenvalue weighted by Crippen LogP contribution is -2.21. The first-order chi connectivity index (χ1) is 11.4. The molecule has 0 aliphatic rings. The fourth-order valence-electron chi connectivity index (χ4n) is 2.01. The predicted molar refractivity (Wildman–Crippen MR) is 98.9 cm³/mol. The zero-order valence-electron chi connectivity index (χ0n) is 13.3. The van der Waals surface area contributed by atoms with Gasteiger partial charge in [-0.15, -0.1) is 0 Å². The maximum Gasteiger partial charge on any atom is 0.411 e. The molecule has 1 N–H and O–H groups in total. The second-order valence-electron chi connectivity index (χ2n) is 5.25. The second-order valence-corrected chi connectivity index (χ2v) is 6.57. The van der Waals surface area contributed by atoms with Gasteiger partial charge in [0.25, 0.3) is 0 Å². The van der Waals surface area contributed by atoms with Crippen molar-refractivity contribution in [3.8, 4) is 0 Å². The highest BCUT2D eigenvalue weighted by Gasteiger charge is 2.19. The lowest BCUT2D eigenvalue weighted by Gasteiger charge is -2.14. The summed E-state index contributed by atoms with van der Waals surface area (Å²) in [4.78, 5) is 24.8. The maximum absolute atomic E-state index is 12.8. The molecule has 4 nitrogen and oxygen atoms in total. The van der Waals surface area contributed by atoms with Crippen molar-refractivity contribution in [2.24, 2.45) is 0 Å². The zero-order chi connectivity index (χ0) is 17.7. The summed E-state index contributed by atoms with van der Waals surface area (Å²) < 4.78 is 5.92. The van der Waals surface area contributed by atoms with E-state index in [1.165, 1.54) is 0 Å². The highest BCUT2D eigenvalue weighted by Crippen LogP contribution is 2.27. The normalized spacial score (nSPS) is 11.7. The Hall–Kier alpha value is -1.85. The van der Waals surface area contributed by atoms with Crippen LogP contribution in [-0.2, 0) is 4.74 Å². The molecule has 2 aromatic rings. The molecule has 0 saturated heterocycles.